The molecule has 4 aromatic rings. The molecule has 4 rings (SSSR count). The lowest BCUT2D eigenvalue weighted by Gasteiger charge is -2.23. The molecular weight excluding hydrogens is 538 g/mol. The predicted molar refractivity (Wildman–Crippen MR) is 154 cm³/mol. The van der Waals surface area contributed by atoms with Crippen LogP contribution in [0.3, 0.4) is 0 Å². The molecule has 42 heavy (non-hydrogen) atoms. The molecule has 0 fully saturated rings. The lowest BCUT2D eigenvalue weighted by atomic mass is 10.1. The van der Waals surface area contributed by atoms with Crippen LogP contribution in [0.2, 0.25) is 0 Å². The Hall–Kier alpha value is -5.64. The number of hydrogen-bond donors (Lipinski definition) is 2. The summed E-state index contributed by atoms with van der Waals surface area (Å²) in [5, 5.41) is 20.7. The fourth-order valence-electron chi connectivity index (χ4n) is 3.68. The smallest absolute Gasteiger partial charge is 0.349 e. The van der Waals surface area contributed by atoms with Gasteiger partial charge >= 0.3 is 17.9 Å². The molecule has 10 heteroatoms. The van der Waals surface area contributed by atoms with Gasteiger partial charge in [-0.15, -0.1) is 0 Å². The Morgan fingerprint density at radius 1 is 0.619 bits per heavy atom. The highest BCUT2D eigenvalue weighted by atomic mass is 16.6. The van der Waals surface area contributed by atoms with E-state index in [1.54, 1.807) is 48.5 Å². The number of ether oxygens (including phenoxy) is 2. The minimum Gasteiger partial charge on any atom is -0.478 e. The number of esters is 2. The average molecular weight is 566 g/mol. The number of azo groups is 1. The van der Waals surface area contributed by atoms with Gasteiger partial charge in [0.25, 0.3) is 5.91 Å². The fourth-order valence-corrected chi connectivity index (χ4v) is 3.68. The number of aryl methyl sites for hydroxylation is 2. The summed E-state index contributed by atoms with van der Waals surface area (Å²) < 4.78 is 10.6. The van der Waals surface area contributed by atoms with Crippen LogP contribution in [0.1, 0.15) is 31.8 Å². The van der Waals surface area contributed by atoms with Gasteiger partial charge in [-0.3, -0.25) is 4.79 Å². The number of rotatable bonds is 10. The Labute approximate surface area is 241 Å². The average Bonchev–Trinajstić information content (AvgIpc) is 2.99. The highest BCUT2D eigenvalue weighted by molar-refractivity contribution is 6.01. The summed E-state index contributed by atoms with van der Waals surface area (Å²) in [5.74, 6) is -4.66. The molecule has 212 valence electrons. The van der Waals surface area contributed by atoms with E-state index >= 15 is 0 Å². The lowest BCUT2D eigenvalue weighted by molar-refractivity contribution is -0.157. The Kier molecular flexibility index (Phi) is 9.52. The summed E-state index contributed by atoms with van der Waals surface area (Å²) >= 11 is 0. The molecule has 0 heterocycles. The Bertz CT molecular complexity index is 1580. The highest BCUT2D eigenvalue weighted by Crippen LogP contribution is 2.21. The van der Waals surface area contributed by atoms with Crippen molar-refractivity contribution in [3.8, 4) is 0 Å². The van der Waals surface area contributed by atoms with E-state index in [2.05, 4.69) is 15.5 Å². The van der Waals surface area contributed by atoms with E-state index in [9.17, 15) is 24.3 Å². The first-order valence-electron chi connectivity index (χ1n) is 12.9. The minimum absolute atomic E-state index is 0.0659. The summed E-state index contributed by atoms with van der Waals surface area (Å²) in [4.78, 5) is 51.3. The predicted octanol–water partition coefficient (Wildman–Crippen LogP) is 6.19. The molecule has 0 saturated heterocycles. The molecule has 0 aromatic heterocycles. The van der Waals surface area contributed by atoms with Crippen molar-refractivity contribution in [2.45, 2.75) is 26.1 Å². The van der Waals surface area contributed by atoms with Crippen molar-refractivity contribution in [3.63, 3.8) is 0 Å². The van der Waals surface area contributed by atoms with Crippen LogP contribution in [-0.4, -0.2) is 41.1 Å². The number of benzene rings is 4. The monoisotopic (exact) mass is 565 g/mol. The molecule has 0 spiro atoms. The van der Waals surface area contributed by atoms with Gasteiger partial charge in [0.2, 0.25) is 12.2 Å². The van der Waals surface area contributed by atoms with Gasteiger partial charge in [0.05, 0.1) is 22.5 Å². The third-order valence-electron chi connectivity index (χ3n) is 5.99. The van der Waals surface area contributed by atoms with E-state index < -0.39 is 36.0 Å². The first kappa shape index (κ1) is 29.3. The molecule has 4 aromatic carbocycles. The van der Waals surface area contributed by atoms with Crippen LogP contribution in [0.5, 0.6) is 0 Å². The van der Waals surface area contributed by atoms with Crippen molar-refractivity contribution in [3.05, 3.63) is 125 Å². The molecule has 10 nitrogen and oxygen atoms in total. The maximum Gasteiger partial charge on any atom is 0.349 e. The van der Waals surface area contributed by atoms with Crippen LogP contribution >= 0.6 is 0 Å². The summed E-state index contributed by atoms with van der Waals surface area (Å²) in [7, 11) is 0. The van der Waals surface area contributed by atoms with E-state index in [1.807, 2.05) is 32.0 Å². The van der Waals surface area contributed by atoms with Crippen molar-refractivity contribution < 1.29 is 33.8 Å². The molecule has 0 aliphatic rings. The molecule has 0 aliphatic heterocycles. The highest BCUT2D eigenvalue weighted by Gasteiger charge is 2.41. The van der Waals surface area contributed by atoms with Gasteiger partial charge in [-0.25, -0.2) is 14.4 Å². The second kappa shape index (κ2) is 13.6. The molecule has 1 amide bonds. The largest absolute Gasteiger partial charge is 0.478 e. The number of amides is 1. The number of aliphatic carboxylic acids is 1. The second-order valence-electron chi connectivity index (χ2n) is 9.29. The number of carboxylic acids is 1. The number of nitrogens with one attached hydrogen (secondary N) is 1. The minimum atomic E-state index is -2.15. The SMILES string of the molecule is Cc1ccc(C(=O)O[C@H](C(=O)O)[C@@H](OC(=O)c2ccc(C)cc2)C(=O)Nc2ccc(N=Nc3ccccc3)cc2)cc1. The summed E-state index contributed by atoms with van der Waals surface area (Å²) in [6, 6.07) is 27.8. The first-order chi connectivity index (χ1) is 20.2. The van der Waals surface area contributed by atoms with Crippen molar-refractivity contribution in [1.82, 2.24) is 0 Å². The second-order valence-corrected chi connectivity index (χ2v) is 9.29. The van der Waals surface area contributed by atoms with Crippen molar-refractivity contribution in [1.29, 1.82) is 0 Å². The van der Waals surface area contributed by atoms with Gasteiger partial charge in [-0.1, -0.05) is 53.6 Å². The van der Waals surface area contributed by atoms with Crippen molar-refractivity contribution in [2.75, 3.05) is 5.32 Å². The number of carbonyl (C=O) groups excluding carboxylic acids is 3. The molecule has 0 bridgehead atoms. The van der Waals surface area contributed by atoms with Crippen LogP contribution in [-0.2, 0) is 19.1 Å². The third-order valence-corrected chi connectivity index (χ3v) is 5.99. The summed E-state index contributed by atoms with van der Waals surface area (Å²) in [6.07, 6.45) is -4.17. The van der Waals surface area contributed by atoms with Crippen molar-refractivity contribution >= 4 is 40.9 Å². The number of hydrogen-bond acceptors (Lipinski definition) is 8. The van der Waals surface area contributed by atoms with Crippen LogP contribution in [0.4, 0.5) is 17.1 Å². The van der Waals surface area contributed by atoms with Crippen LogP contribution in [0, 0.1) is 13.8 Å². The summed E-state index contributed by atoms with van der Waals surface area (Å²) in [5.41, 5.74) is 3.31. The number of anilines is 1. The van der Waals surface area contributed by atoms with Crippen LogP contribution < -0.4 is 5.32 Å². The fraction of sp³-hybridized carbons (Fsp3) is 0.125. The third kappa shape index (κ3) is 7.95. The van der Waals surface area contributed by atoms with Gasteiger partial charge in [0, 0.05) is 5.69 Å². The quantitative estimate of drug-likeness (QED) is 0.172. The molecule has 0 saturated carbocycles. The zero-order valence-corrected chi connectivity index (χ0v) is 22.8. The van der Waals surface area contributed by atoms with Crippen LogP contribution in [0.15, 0.2) is 113 Å². The zero-order chi connectivity index (χ0) is 30.1. The Balaban J connectivity index is 1.56. The van der Waals surface area contributed by atoms with E-state index in [1.165, 1.54) is 36.4 Å². The number of carboxylic acid groups (broad SMARTS) is 1. The first-order valence-corrected chi connectivity index (χ1v) is 12.9. The Morgan fingerprint density at radius 3 is 1.55 bits per heavy atom. The maximum atomic E-state index is 13.4. The van der Waals surface area contributed by atoms with Gasteiger partial charge < -0.3 is 19.9 Å². The number of carbonyl (C=O) groups is 4. The molecule has 2 atom stereocenters. The van der Waals surface area contributed by atoms with E-state index in [4.69, 9.17) is 9.47 Å². The molecule has 0 aliphatic carbocycles. The lowest BCUT2D eigenvalue weighted by Crippen LogP contribution is -2.48. The van der Waals surface area contributed by atoms with Gasteiger partial charge in [-0.05, 0) is 74.5 Å². The topological polar surface area (TPSA) is 144 Å². The van der Waals surface area contributed by atoms with Gasteiger partial charge in [-0.2, -0.15) is 10.2 Å². The number of nitrogens with zero attached hydrogens (tertiary/aromatic N) is 2. The van der Waals surface area contributed by atoms with Crippen molar-refractivity contribution in [2.24, 2.45) is 10.2 Å². The normalized spacial score (nSPS) is 12.2. The standard InChI is InChI=1S/C32H27N3O7/c1-20-8-12-22(13-9-20)31(39)41-27(28(30(37)38)42-32(40)23-14-10-21(2)11-15-23)29(36)33-24-16-18-26(19-17-24)35-34-25-6-4-3-5-7-25/h3-19,27-28H,1-2H3,(H,33,36)(H,37,38)/t27-,28+/m1/s1. The molecule has 2 N–H and O–H groups in total. The van der Waals surface area contributed by atoms with E-state index in [0.717, 1.165) is 11.1 Å². The summed E-state index contributed by atoms with van der Waals surface area (Å²) in [6.45, 7) is 3.64. The zero-order valence-electron chi connectivity index (χ0n) is 22.8. The van der Waals surface area contributed by atoms with E-state index in [-0.39, 0.29) is 16.8 Å². The molecule has 0 radical (unpaired) electrons. The van der Waals surface area contributed by atoms with E-state index in [0.29, 0.717) is 11.4 Å². The van der Waals surface area contributed by atoms with Gasteiger partial charge in [0.15, 0.2) is 0 Å². The maximum absolute atomic E-state index is 13.4. The molecular formula is C32H27N3O7. The van der Waals surface area contributed by atoms with Gasteiger partial charge in [0.1, 0.15) is 0 Å². The Morgan fingerprint density at radius 2 is 1.07 bits per heavy atom. The van der Waals surface area contributed by atoms with Crippen LogP contribution in [0.25, 0.3) is 0 Å². The molecule has 0 unspecified atom stereocenters.